The van der Waals surface area contributed by atoms with Crippen molar-refractivity contribution in [2.45, 2.75) is 25.7 Å². The molecule has 0 aliphatic rings. The number of para-hydroxylation sites is 2. The SMILES string of the molecule is O=C(O)CCc1[nH]c2ccccc2c1/C=C\SS/C=C\c1c(CCC(=O)O)[nH]c2ccccc12. The van der Waals surface area contributed by atoms with Crippen molar-refractivity contribution >= 4 is 67.5 Å². The van der Waals surface area contributed by atoms with Gasteiger partial charge in [-0.05, 0) is 47.9 Å². The lowest BCUT2D eigenvalue weighted by Crippen LogP contribution is -1.98. The lowest BCUT2D eigenvalue weighted by Gasteiger charge is -1.99. The van der Waals surface area contributed by atoms with Crippen molar-refractivity contribution in [1.82, 2.24) is 9.97 Å². The average Bonchev–Trinajstić information content (AvgIpc) is 3.36. The fraction of sp³-hybridized carbons (Fsp3) is 0.154. The van der Waals surface area contributed by atoms with E-state index in [4.69, 9.17) is 10.2 Å². The van der Waals surface area contributed by atoms with Gasteiger partial charge in [-0.25, -0.2) is 0 Å². The van der Waals surface area contributed by atoms with Gasteiger partial charge in [-0.1, -0.05) is 58.0 Å². The summed E-state index contributed by atoms with van der Waals surface area (Å²) in [5, 5.41) is 24.3. The van der Waals surface area contributed by atoms with Crippen LogP contribution in [0.15, 0.2) is 59.3 Å². The molecule has 0 radical (unpaired) electrons. The van der Waals surface area contributed by atoms with Gasteiger partial charge in [-0.15, -0.1) is 0 Å². The Morgan fingerprint density at radius 2 is 1.12 bits per heavy atom. The molecular formula is C26H24N2O4S2. The maximum atomic E-state index is 11.0. The van der Waals surface area contributed by atoms with Gasteiger partial charge in [0.1, 0.15) is 0 Å². The van der Waals surface area contributed by atoms with Crippen LogP contribution in [0.25, 0.3) is 34.0 Å². The molecule has 174 valence electrons. The fourth-order valence-electron chi connectivity index (χ4n) is 3.93. The number of hydrogen-bond acceptors (Lipinski definition) is 4. The first-order valence-electron chi connectivity index (χ1n) is 10.8. The smallest absolute Gasteiger partial charge is 0.303 e. The van der Waals surface area contributed by atoms with Gasteiger partial charge in [0.2, 0.25) is 0 Å². The number of benzene rings is 2. The first-order valence-corrected chi connectivity index (χ1v) is 13.1. The standard InChI is InChI=1S/C26H24N2O4S2/c29-25(30)11-9-23-19(17-5-1-3-7-21(17)27-23)13-15-33-34-16-14-20-18-6-2-4-8-22(18)28-24(20)10-12-26(31)32/h1-8,13-16,27-28H,9-12H2,(H,29,30)(H,31,32)/b15-13-,16-14-. The number of carboxylic acid groups (broad SMARTS) is 2. The highest BCUT2D eigenvalue weighted by molar-refractivity contribution is 8.79. The van der Waals surface area contributed by atoms with Gasteiger partial charge in [0.25, 0.3) is 0 Å². The van der Waals surface area contributed by atoms with Gasteiger partial charge in [0.15, 0.2) is 0 Å². The molecule has 2 aromatic carbocycles. The van der Waals surface area contributed by atoms with E-state index in [0.717, 1.165) is 44.3 Å². The summed E-state index contributed by atoms with van der Waals surface area (Å²) in [6.45, 7) is 0. The summed E-state index contributed by atoms with van der Waals surface area (Å²) >= 11 is 0. The number of fused-ring (bicyclic) bond motifs is 2. The molecule has 0 aliphatic heterocycles. The zero-order chi connectivity index (χ0) is 23.9. The molecule has 0 amide bonds. The Hall–Kier alpha value is -3.36. The molecule has 8 heteroatoms. The minimum atomic E-state index is -0.816. The molecule has 0 saturated heterocycles. The molecule has 4 rings (SSSR count). The third-order valence-corrected chi connectivity index (χ3v) is 7.08. The summed E-state index contributed by atoms with van der Waals surface area (Å²) in [4.78, 5) is 28.7. The third kappa shape index (κ3) is 5.76. The topological polar surface area (TPSA) is 106 Å². The first kappa shape index (κ1) is 23.8. The molecule has 0 aliphatic carbocycles. The van der Waals surface area contributed by atoms with Crippen LogP contribution in [0.3, 0.4) is 0 Å². The van der Waals surface area contributed by atoms with Crippen LogP contribution in [-0.4, -0.2) is 32.1 Å². The molecule has 0 unspecified atom stereocenters. The molecule has 34 heavy (non-hydrogen) atoms. The lowest BCUT2D eigenvalue weighted by atomic mass is 10.1. The quantitative estimate of drug-likeness (QED) is 0.137. The number of aromatic nitrogens is 2. The van der Waals surface area contributed by atoms with Crippen LogP contribution >= 0.6 is 21.6 Å². The van der Waals surface area contributed by atoms with E-state index in [0.29, 0.717) is 12.8 Å². The Morgan fingerprint density at radius 1 is 0.706 bits per heavy atom. The molecule has 0 bridgehead atoms. The van der Waals surface area contributed by atoms with E-state index in [1.54, 1.807) is 21.6 Å². The number of aromatic amines is 2. The highest BCUT2D eigenvalue weighted by Crippen LogP contribution is 2.31. The van der Waals surface area contributed by atoms with E-state index >= 15 is 0 Å². The predicted octanol–water partition coefficient (Wildman–Crippen LogP) is 6.71. The third-order valence-electron chi connectivity index (χ3n) is 5.47. The number of carboxylic acids is 2. The maximum Gasteiger partial charge on any atom is 0.303 e. The van der Waals surface area contributed by atoms with Crippen molar-refractivity contribution in [1.29, 1.82) is 0 Å². The predicted molar refractivity (Wildman–Crippen MR) is 142 cm³/mol. The molecule has 0 fully saturated rings. The van der Waals surface area contributed by atoms with Crippen LogP contribution in [-0.2, 0) is 22.4 Å². The summed E-state index contributed by atoms with van der Waals surface area (Å²) < 4.78 is 0. The number of rotatable bonds is 11. The molecule has 0 atom stereocenters. The van der Waals surface area contributed by atoms with E-state index < -0.39 is 11.9 Å². The first-order chi connectivity index (χ1) is 16.5. The number of aryl methyl sites for hydroxylation is 2. The Bertz CT molecular complexity index is 1280. The molecule has 2 aromatic heterocycles. The molecule has 2 heterocycles. The van der Waals surface area contributed by atoms with Gasteiger partial charge >= 0.3 is 11.9 Å². The number of aliphatic carboxylic acids is 2. The summed E-state index contributed by atoms with van der Waals surface area (Å²) in [6, 6.07) is 15.9. The van der Waals surface area contributed by atoms with Gasteiger partial charge in [-0.3, -0.25) is 9.59 Å². The number of nitrogens with one attached hydrogen (secondary N) is 2. The van der Waals surface area contributed by atoms with Crippen molar-refractivity contribution in [3.8, 4) is 0 Å². The van der Waals surface area contributed by atoms with Crippen molar-refractivity contribution in [2.24, 2.45) is 0 Å². The highest BCUT2D eigenvalue weighted by Gasteiger charge is 2.11. The average molecular weight is 493 g/mol. The normalized spacial score (nSPS) is 11.9. The van der Waals surface area contributed by atoms with E-state index in [9.17, 15) is 9.59 Å². The van der Waals surface area contributed by atoms with Crippen LogP contribution in [0.5, 0.6) is 0 Å². The van der Waals surface area contributed by atoms with Crippen LogP contribution in [0.1, 0.15) is 35.4 Å². The lowest BCUT2D eigenvalue weighted by molar-refractivity contribution is -0.138. The molecule has 0 spiro atoms. The zero-order valence-corrected chi connectivity index (χ0v) is 19.9. The van der Waals surface area contributed by atoms with E-state index in [2.05, 4.69) is 9.97 Å². The van der Waals surface area contributed by atoms with Crippen LogP contribution < -0.4 is 0 Å². The Kier molecular flexibility index (Phi) is 7.82. The van der Waals surface area contributed by atoms with Crippen LogP contribution in [0, 0.1) is 0 Å². The second kappa shape index (κ2) is 11.2. The number of hydrogen-bond donors (Lipinski definition) is 4. The molecule has 6 nitrogen and oxygen atoms in total. The second-order valence-corrected chi connectivity index (χ2v) is 9.79. The van der Waals surface area contributed by atoms with E-state index in [1.165, 1.54) is 0 Å². The largest absolute Gasteiger partial charge is 0.481 e. The Morgan fingerprint density at radius 3 is 1.53 bits per heavy atom. The van der Waals surface area contributed by atoms with Gasteiger partial charge < -0.3 is 20.2 Å². The number of carbonyl (C=O) groups is 2. The highest BCUT2D eigenvalue weighted by atomic mass is 33.1. The second-order valence-electron chi connectivity index (χ2n) is 7.71. The molecule has 4 N–H and O–H groups in total. The van der Waals surface area contributed by atoms with Crippen LogP contribution in [0.2, 0.25) is 0 Å². The maximum absolute atomic E-state index is 11.0. The summed E-state index contributed by atoms with van der Waals surface area (Å²) in [5.74, 6) is -1.63. The zero-order valence-electron chi connectivity index (χ0n) is 18.3. The Labute approximate surface area is 204 Å². The summed E-state index contributed by atoms with van der Waals surface area (Å²) in [7, 11) is 3.12. The van der Waals surface area contributed by atoms with Gasteiger partial charge in [0, 0.05) is 44.3 Å². The monoisotopic (exact) mass is 492 g/mol. The van der Waals surface area contributed by atoms with E-state index in [-0.39, 0.29) is 12.8 Å². The summed E-state index contributed by atoms with van der Waals surface area (Å²) in [6.07, 6.45) is 5.08. The summed E-state index contributed by atoms with van der Waals surface area (Å²) in [5.41, 5.74) is 5.86. The van der Waals surface area contributed by atoms with Crippen molar-refractivity contribution < 1.29 is 19.8 Å². The van der Waals surface area contributed by atoms with Crippen molar-refractivity contribution in [3.05, 3.63) is 81.9 Å². The Balaban J connectivity index is 1.46. The molecule has 4 aromatic rings. The molecular weight excluding hydrogens is 468 g/mol. The van der Waals surface area contributed by atoms with Crippen LogP contribution in [0.4, 0.5) is 0 Å². The van der Waals surface area contributed by atoms with Gasteiger partial charge in [0.05, 0.1) is 12.8 Å². The van der Waals surface area contributed by atoms with Gasteiger partial charge in [-0.2, -0.15) is 0 Å². The minimum Gasteiger partial charge on any atom is -0.481 e. The number of H-pyrrole nitrogens is 2. The minimum absolute atomic E-state index is 0.0765. The fourth-order valence-corrected chi connectivity index (χ4v) is 5.16. The van der Waals surface area contributed by atoms with Crippen molar-refractivity contribution in [3.63, 3.8) is 0 Å². The van der Waals surface area contributed by atoms with Crippen molar-refractivity contribution in [2.75, 3.05) is 0 Å². The molecule has 0 saturated carbocycles. The van der Waals surface area contributed by atoms with E-state index in [1.807, 2.05) is 71.5 Å².